The molecule has 4 rings (SSSR count). The van der Waals surface area contributed by atoms with Gasteiger partial charge in [-0.3, -0.25) is 9.69 Å². The molecule has 3 atom stereocenters. The van der Waals surface area contributed by atoms with Gasteiger partial charge >= 0.3 is 5.97 Å². The molecule has 1 saturated heterocycles. The summed E-state index contributed by atoms with van der Waals surface area (Å²) in [4.78, 5) is 15.8. The fourth-order valence-corrected chi connectivity index (χ4v) is 6.07. The molecule has 5 nitrogen and oxygen atoms in total. The van der Waals surface area contributed by atoms with Gasteiger partial charge in [0.05, 0.1) is 7.11 Å². The van der Waals surface area contributed by atoms with E-state index in [4.69, 9.17) is 13.9 Å². The van der Waals surface area contributed by atoms with Gasteiger partial charge in [0.25, 0.3) is 0 Å². The van der Waals surface area contributed by atoms with E-state index in [1.165, 1.54) is 18.9 Å². The molecule has 2 aromatic carbocycles. The largest absolute Gasteiger partial charge is 0.497 e. The van der Waals surface area contributed by atoms with Crippen molar-refractivity contribution in [1.82, 2.24) is 4.90 Å². The van der Waals surface area contributed by atoms with Gasteiger partial charge in [0, 0.05) is 31.5 Å². The average molecular weight is 542 g/mol. The van der Waals surface area contributed by atoms with Crippen LogP contribution in [0.25, 0.3) is 0 Å². The molecule has 0 radical (unpaired) electrons. The zero-order chi connectivity index (χ0) is 27.5. The molecule has 1 saturated carbocycles. The number of halogens is 1. The fraction of sp³-hybridized carbons (Fsp3) is 0.581. The van der Waals surface area contributed by atoms with E-state index in [-0.39, 0.29) is 41.3 Å². The Kier molecular flexibility index (Phi) is 9.00. The van der Waals surface area contributed by atoms with Gasteiger partial charge in [-0.15, -0.1) is 0 Å². The normalized spacial score (nSPS) is 21.3. The Labute approximate surface area is 228 Å². The van der Waals surface area contributed by atoms with Gasteiger partial charge in [-0.25, -0.2) is 4.39 Å². The molecule has 0 unspecified atom stereocenters. The molecule has 0 amide bonds. The van der Waals surface area contributed by atoms with Crippen LogP contribution >= 0.6 is 0 Å². The van der Waals surface area contributed by atoms with Crippen LogP contribution in [0.5, 0.6) is 5.75 Å². The molecule has 0 bridgehead atoms. The van der Waals surface area contributed by atoms with Crippen molar-refractivity contribution >= 4 is 14.3 Å². The minimum atomic E-state index is -1.95. The van der Waals surface area contributed by atoms with E-state index in [0.717, 1.165) is 29.8 Å². The summed E-state index contributed by atoms with van der Waals surface area (Å²) in [6, 6.07) is 14.2. The Balaban J connectivity index is 1.50. The lowest BCUT2D eigenvalue weighted by atomic mass is 9.89. The standard InChI is InChI=1S/C31H44FNO4Si/c1-31(2,3)38(5,6)37-21-25-18-33(19-28(25)24-8-7-9-26(32)17-24)29(16-22-10-11-22)30(34)36-20-23-12-14-27(35-4)15-13-23/h7-9,12-15,17,22,25,28-29H,10-11,16,18-21H2,1-6H3/t25-,28-,29-/m1/s1. The van der Waals surface area contributed by atoms with Crippen molar-refractivity contribution in [3.05, 3.63) is 65.5 Å². The molecular formula is C31H44FNO4Si. The highest BCUT2D eigenvalue weighted by Crippen LogP contribution is 2.41. The monoisotopic (exact) mass is 541 g/mol. The number of rotatable bonds is 11. The summed E-state index contributed by atoms with van der Waals surface area (Å²) >= 11 is 0. The zero-order valence-corrected chi connectivity index (χ0v) is 24.8. The maximum Gasteiger partial charge on any atom is 0.323 e. The summed E-state index contributed by atoms with van der Waals surface area (Å²) in [6.45, 7) is 13.6. The predicted octanol–water partition coefficient (Wildman–Crippen LogP) is 6.78. The van der Waals surface area contributed by atoms with Crippen LogP contribution in [0.2, 0.25) is 18.1 Å². The van der Waals surface area contributed by atoms with E-state index in [1.54, 1.807) is 19.2 Å². The third-order valence-corrected chi connectivity index (χ3v) is 13.2. The summed E-state index contributed by atoms with van der Waals surface area (Å²) in [7, 11) is -0.317. The summed E-state index contributed by atoms with van der Waals surface area (Å²) in [5.41, 5.74) is 1.91. The van der Waals surface area contributed by atoms with E-state index in [1.807, 2.05) is 30.3 Å². The third-order valence-electron chi connectivity index (χ3n) is 8.72. The van der Waals surface area contributed by atoms with Crippen LogP contribution in [0.1, 0.15) is 57.1 Å². The first-order valence-corrected chi connectivity index (χ1v) is 16.8. The van der Waals surface area contributed by atoms with Gasteiger partial charge in [-0.1, -0.05) is 57.9 Å². The lowest BCUT2D eigenvalue weighted by Crippen LogP contribution is -2.43. The highest BCUT2D eigenvalue weighted by atomic mass is 28.4. The smallest absolute Gasteiger partial charge is 0.323 e. The Hall–Kier alpha value is -2.22. The number of nitrogens with zero attached hydrogens (tertiary/aromatic N) is 1. The molecule has 2 fully saturated rings. The van der Waals surface area contributed by atoms with Crippen molar-refractivity contribution in [3.63, 3.8) is 0 Å². The number of likely N-dealkylation sites (tertiary alicyclic amines) is 1. The molecule has 7 heteroatoms. The average Bonchev–Trinajstić information content (AvgIpc) is 3.60. The van der Waals surface area contributed by atoms with Crippen LogP contribution in [0.15, 0.2) is 48.5 Å². The predicted molar refractivity (Wildman–Crippen MR) is 151 cm³/mol. The number of carbonyl (C=O) groups is 1. The van der Waals surface area contributed by atoms with Crippen molar-refractivity contribution in [2.45, 2.75) is 76.7 Å². The van der Waals surface area contributed by atoms with Crippen molar-refractivity contribution in [2.75, 3.05) is 26.8 Å². The first kappa shape index (κ1) is 28.8. The molecule has 208 valence electrons. The molecule has 1 aliphatic carbocycles. The van der Waals surface area contributed by atoms with Gasteiger partial charge in [-0.05, 0) is 65.9 Å². The highest BCUT2D eigenvalue weighted by molar-refractivity contribution is 6.74. The third kappa shape index (κ3) is 7.24. The summed E-state index contributed by atoms with van der Waals surface area (Å²) in [5, 5.41) is 0.111. The highest BCUT2D eigenvalue weighted by Gasteiger charge is 2.44. The lowest BCUT2D eigenvalue weighted by molar-refractivity contribution is -0.151. The number of ether oxygens (including phenoxy) is 2. The van der Waals surface area contributed by atoms with Crippen molar-refractivity contribution in [1.29, 1.82) is 0 Å². The van der Waals surface area contributed by atoms with E-state index < -0.39 is 8.32 Å². The van der Waals surface area contributed by atoms with E-state index >= 15 is 0 Å². The topological polar surface area (TPSA) is 48.0 Å². The van der Waals surface area contributed by atoms with Crippen LogP contribution in [0, 0.1) is 17.7 Å². The number of esters is 1. The van der Waals surface area contributed by atoms with Crippen molar-refractivity contribution < 1.29 is 23.1 Å². The molecule has 2 aliphatic rings. The van der Waals surface area contributed by atoms with Crippen LogP contribution in [0.3, 0.4) is 0 Å². The second-order valence-electron chi connectivity index (χ2n) is 12.6. The summed E-state index contributed by atoms with van der Waals surface area (Å²) in [5.74, 6) is 1.24. The second-order valence-corrected chi connectivity index (χ2v) is 17.4. The van der Waals surface area contributed by atoms with E-state index in [2.05, 4.69) is 38.8 Å². The minimum absolute atomic E-state index is 0.103. The van der Waals surface area contributed by atoms with Gasteiger partial charge in [0.1, 0.15) is 24.2 Å². The number of hydrogen-bond acceptors (Lipinski definition) is 5. The van der Waals surface area contributed by atoms with E-state index in [0.29, 0.717) is 19.1 Å². The van der Waals surface area contributed by atoms with Crippen LogP contribution in [-0.2, 0) is 20.6 Å². The maximum absolute atomic E-state index is 14.2. The van der Waals surface area contributed by atoms with Crippen molar-refractivity contribution in [2.24, 2.45) is 11.8 Å². The molecule has 0 N–H and O–H groups in total. The molecule has 0 spiro atoms. The number of carbonyl (C=O) groups excluding carboxylic acids is 1. The molecule has 1 heterocycles. The van der Waals surface area contributed by atoms with Gasteiger partial charge in [0.15, 0.2) is 8.32 Å². The van der Waals surface area contributed by atoms with Crippen LogP contribution in [0.4, 0.5) is 4.39 Å². The minimum Gasteiger partial charge on any atom is -0.497 e. The quantitative estimate of drug-likeness (QED) is 0.232. The number of methoxy groups -OCH3 is 1. The van der Waals surface area contributed by atoms with Crippen molar-refractivity contribution in [3.8, 4) is 5.75 Å². The van der Waals surface area contributed by atoms with Crippen LogP contribution in [-0.4, -0.2) is 52.0 Å². The van der Waals surface area contributed by atoms with E-state index in [9.17, 15) is 9.18 Å². The molecular weight excluding hydrogens is 497 g/mol. The fourth-order valence-electron chi connectivity index (χ4n) is 5.01. The van der Waals surface area contributed by atoms with Crippen LogP contribution < -0.4 is 4.74 Å². The first-order valence-electron chi connectivity index (χ1n) is 13.9. The molecule has 38 heavy (non-hydrogen) atoms. The Bertz CT molecular complexity index is 1080. The zero-order valence-electron chi connectivity index (χ0n) is 23.8. The maximum atomic E-state index is 14.2. The number of hydrogen-bond donors (Lipinski definition) is 0. The summed E-state index contributed by atoms with van der Waals surface area (Å²) in [6.07, 6.45) is 3.15. The van der Waals surface area contributed by atoms with Gasteiger partial charge in [0.2, 0.25) is 0 Å². The Morgan fingerprint density at radius 1 is 1.11 bits per heavy atom. The molecule has 1 aliphatic heterocycles. The summed E-state index contributed by atoms with van der Waals surface area (Å²) < 4.78 is 32.0. The molecule has 2 aromatic rings. The SMILES string of the molecule is COc1ccc(COC(=O)[C@@H](CC2CC2)N2C[C@H](CO[Si](C)(C)C(C)(C)C)[C@@H](c3cccc(F)c3)C2)cc1. The number of benzene rings is 2. The first-order chi connectivity index (χ1) is 18.0. The Morgan fingerprint density at radius 2 is 1.82 bits per heavy atom. The Morgan fingerprint density at radius 3 is 2.42 bits per heavy atom. The molecule has 0 aromatic heterocycles. The van der Waals surface area contributed by atoms with Gasteiger partial charge < -0.3 is 13.9 Å². The van der Waals surface area contributed by atoms with Gasteiger partial charge in [-0.2, -0.15) is 0 Å². The second kappa shape index (κ2) is 11.9. The lowest BCUT2D eigenvalue weighted by Gasteiger charge is -2.37.